The Balaban J connectivity index is 1.20. The third-order valence-electron chi connectivity index (χ3n) is 12.4. The Bertz CT molecular complexity index is 2550. The lowest BCUT2D eigenvalue weighted by Gasteiger charge is -2.30. The van der Waals surface area contributed by atoms with E-state index in [9.17, 15) is 8.78 Å². The topological polar surface area (TPSA) is 6.48 Å². The highest BCUT2D eigenvalue weighted by atomic mass is 19.1. The quantitative estimate of drug-likeness (QED) is 0.168. The van der Waals surface area contributed by atoms with E-state index in [2.05, 4.69) is 126 Å². The van der Waals surface area contributed by atoms with Gasteiger partial charge in [-0.2, -0.15) is 0 Å². The van der Waals surface area contributed by atoms with Crippen molar-refractivity contribution in [3.63, 3.8) is 0 Å². The first-order valence-corrected chi connectivity index (χ1v) is 19.5. The van der Waals surface area contributed by atoms with Crippen molar-refractivity contribution in [1.29, 1.82) is 0 Å². The van der Waals surface area contributed by atoms with Crippen molar-refractivity contribution in [2.24, 2.45) is 0 Å². The molecule has 0 radical (unpaired) electrons. The second-order valence-electron chi connectivity index (χ2n) is 16.8. The highest BCUT2D eigenvalue weighted by Gasteiger charge is 2.43. The summed E-state index contributed by atoms with van der Waals surface area (Å²) >= 11 is 0. The maximum atomic E-state index is 14.8. The fourth-order valence-corrected chi connectivity index (χ4v) is 9.55. The smallest absolute Gasteiger partial charge is 0.125 e. The Hall–Kier alpha value is -6.00. The molecule has 0 fully saturated rings. The molecule has 0 heterocycles. The number of rotatable bonds is 6. The van der Waals surface area contributed by atoms with Crippen LogP contribution in [0.2, 0.25) is 0 Å². The first-order chi connectivity index (χ1) is 26.8. The zero-order valence-corrected chi connectivity index (χ0v) is 33.4. The second-order valence-corrected chi connectivity index (χ2v) is 16.8. The Morgan fingerprint density at radius 1 is 0.375 bits per heavy atom. The number of hydrogen-bond acceptors (Lipinski definition) is 2. The molecule has 0 saturated heterocycles. The van der Waals surface area contributed by atoms with Crippen molar-refractivity contribution in [3.05, 3.63) is 190 Å². The molecule has 7 aromatic rings. The molecule has 0 aliphatic heterocycles. The van der Waals surface area contributed by atoms with Gasteiger partial charge in [0.05, 0.1) is 0 Å². The number of fused-ring (bicyclic) bond motifs is 6. The summed E-state index contributed by atoms with van der Waals surface area (Å²) in [6.45, 7) is 18.0. The van der Waals surface area contributed by atoms with Gasteiger partial charge in [-0.1, -0.05) is 76.2 Å². The maximum absolute atomic E-state index is 14.8. The van der Waals surface area contributed by atoms with Crippen molar-refractivity contribution in [1.82, 2.24) is 0 Å². The number of aryl methyl sites for hydroxylation is 4. The molecular weight excluding hydrogens is 691 g/mol. The van der Waals surface area contributed by atoms with Crippen LogP contribution in [0.3, 0.4) is 0 Å². The Labute approximate surface area is 329 Å². The van der Waals surface area contributed by atoms with Crippen LogP contribution in [0.15, 0.2) is 133 Å². The maximum Gasteiger partial charge on any atom is 0.125 e. The minimum Gasteiger partial charge on any atom is -0.310 e. The fourth-order valence-electron chi connectivity index (χ4n) is 9.55. The lowest BCUT2D eigenvalue weighted by Crippen LogP contribution is -2.18. The lowest BCUT2D eigenvalue weighted by molar-refractivity contribution is 0.627. The molecule has 56 heavy (non-hydrogen) atoms. The third-order valence-corrected chi connectivity index (χ3v) is 12.4. The Kier molecular flexibility index (Phi) is 8.14. The van der Waals surface area contributed by atoms with Crippen LogP contribution in [0.1, 0.15) is 72.2 Å². The zero-order valence-electron chi connectivity index (χ0n) is 33.4. The van der Waals surface area contributed by atoms with Crippen LogP contribution in [-0.4, -0.2) is 0 Å². The van der Waals surface area contributed by atoms with Crippen molar-refractivity contribution >= 4 is 34.1 Å². The number of halogens is 2. The highest BCUT2D eigenvalue weighted by Crippen LogP contribution is 2.59. The molecule has 0 spiro atoms. The van der Waals surface area contributed by atoms with E-state index in [4.69, 9.17) is 0 Å². The van der Waals surface area contributed by atoms with E-state index >= 15 is 0 Å². The molecule has 2 aliphatic carbocycles. The Morgan fingerprint density at radius 2 is 0.768 bits per heavy atom. The SMILES string of the molecule is Cc1ccccc1N(c1cccc(F)c1)c1cc(C)c2c(c1)C(C)(C)c1cc3c(cc1-2)C(C)(C)c1cc(N(c2cccc(F)c2)c2ccccc2C)cc(C)c1-3. The van der Waals surface area contributed by atoms with Crippen LogP contribution >= 0.6 is 0 Å². The van der Waals surface area contributed by atoms with E-state index in [0.717, 1.165) is 45.3 Å². The molecule has 7 aromatic carbocycles. The second kappa shape index (κ2) is 12.8. The normalized spacial score (nSPS) is 14.2. The molecule has 0 aromatic heterocycles. The number of nitrogens with zero attached hydrogens (tertiary/aromatic N) is 2. The van der Waals surface area contributed by atoms with Gasteiger partial charge < -0.3 is 9.80 Å². The van der Waals surface area contributed by atoms with Gasteiger partial charge in [0.15, 0.2) is 0 Å². The molecule has 0 amide bonds. The van der Waals surface area contributed by atoms with E-state index in [1.54, 1.807) is 24.3 Å². The molecule has 0 bridgehead atoms. The third kappa shape index (κ3) is 5.41. The van der Waals surface area contributed by atoms with Crippen LogP contribution in [0, 0.1) is 39.3 Å². The van der Waals surface area contributed by atoms with Gasteiger partial charge in [-0.3, -0.25) is 0 Å². The number of benzene rings is 7. The van der Waals surface area contributed by atoms with Gasteiger partial charge in [0.2, 0.25) is 0 Å². The predicted molar refractivity (Wildman–Crippen MR) is 230 cm³/mol. The molecule has 2 nitrogen and oxygen atoms in total. The van der Waals surface area contributed by atoms with Gasteiger partial charge in [0.1, 0.15) is 11.6 Å². The number of hydrogen-bond donors (Lipinski definition) is 0. The average Bonchev–Trinajstić information content (AvgIpc) is 3.52. The summed E-state index contributed by atoms with van der Waals surface area (Å²) in [6, 6.07) is 44.5. The standard InChI is InChI=1S/C52H46F2N2/c1-31-15-9-11-21-47(31)55(37-19-13-17-35(53)25-37)39-23-33(3)49-41-29-44-42(30-43(41)51(5,6)45(49)27-39)50-34(4)24-40(28-46(50)52(44,7)8)56(38-20-14-18-36(54)26-38)48-22-12-10-16-32(48)2/h9-30H,1-8H3. The van der Waals surface area contributed by atoms with Crippen LogP contribution in [0.25, 0.3) is 22.3 Å². The van der Waals surface area contributed by atoms with Gasteiger partial charge in [0, 0.05) is 45.0 Å². The molecule has 0 saturated carbocycles. The van der Waals surface area contributed by atoms with Crippen LogP contribution in [0.4, 0.5) is 42.9 Å². The summed E-state index contributed by atoms with van der Waals surface area (Å²) in [5.41, 5.74) is 20.0. The van der Waals surface area contributed by atoms with Crippen LogP contribution < -0.4 is 9.80 Å². The summed E-state index contributed by atoms with van der Waals surface area (Å²) in [4.78, 5) is 4.38. The van der Waals surface area contributed by atoms with Crippen LogP contribution in [-0.2, 0) is 10.8 Å². The molecule has 0 unspecified atom stereocenters. The van der Waals surface area contributed by atoms with Crippen molar-refractivity contribution in [2.75, 3.05) is 9.80 Å². The minimum atomic E-state index is -0.292. The van der Waals surface area contributed by atoms with Crippen molar-refractivity contribution in [2.45, 2.75) is 66.2 Å². The first-order valence-electron chi connectivity index (χ1n) is 19.5. The van der Waals surface area contributed by atoms with E-state index in [1.165, 1.54) is 67.8 Å². The van der Waals surface area contributed by atoms with Gasteiger partial charge in [0.25, 0.3) is 0 Å². The summed E-state index contributed by atoms with van der Waals surface area (Å²) in [7, 11) is 0. The van der Waals surface area contributed by atoms with Crippen LogP contribution in [0.5, 0.6) is 0 Å². The van der Waals surface area contributed by atoms with E-state index in [0.29, 0.717) is 0 Å². The van der Waals surface area contributed by atoms with Crippen molar-refractivity contribution in [3.8, 4) is 22.3 Å². The van der Waals surface area contributed by atoms with E-state index in [-0.39, 0.29) is 22.5 Å². The lowest BCUT2D eigenvalue weighted by atomic mass is 9.79. The average molecular weight is 737 g/mol. The molecule has 0 N–H and O–H groups in total. The summed E-state index contributed by atoms with van der Waals surface area (Å²) in [6.07, 6.45) is 0. The molecular formula is C52H46F2N2. The predicted octanol–water partition coefficient (Wildman–Crippen LogP) is 14.8. The van der Waals surface area contributed by atoms with Crippen molar-refractivity contribution < 1.29 is 8.78 Å². The van der Waals surface area contributed by atoms with Gasteiger partial charge in [-0.25, -0.2) is 8.78 Å². The zero-order chi connectivity index (χ0) is 39.3. The molecule has 4 heteroatoms. The summed E-state index contributed by atoms with van der Waals surface area (Å²) in [5.74, 6) is -0.522. The van der Waals surface area contributed by atoms with Gasteiger partial charge >= 0.3 is 0 Å². The molecule has 0 atom stereocenters. The Morgan fingerprint density at radius 3 is 1.14 bits per heavy atom. The first kappa shape index (κ1) is 35.7. The molecule has 9 rings (SSSR count). The van der Waals surface area contributed by atoms with E-state index in [1.807, 2.05) is 36.4 Å². The van der Waals surface area contributed by atoms with E-state index < -0.39 is 0 Å². The number of para-hydroxylation sites is 2. The largest absolute Gasteiger partial charge is 0.310 e. The number of anilines is 6. The van der Waals surface area contributed by atoms with Gasteiger partial charge in [-0.05, 0) is 179 Å². The highest BCUT2D eigenvalue weighted by molar-refractivity contribution is 5.94. The molecule has 278 valence electrons. The summed E-state index contributed by atoms with van der Waals surface area (Å²) in [5, 5.41) is 0. The fraction of sp³-hybridized carbons (Fsp3) is 0.192. The minimum absolute atomic E-state index is 0.261. The summed E-state index contributed by atoms with van der Waals surface area (Å²) < 4.78 is 29.6. The van der Waals surface area contributed by atoms with Gasteiger partial charge in [-0.15, -0.1) is 0 Å². The molecule has 2 aliphatic rings. The monoisotopic (exact) mass is 736 g/mol.